The topological polar surface area (TPSA) is 151 Å². The van der Waals surface area contributed by atoms with Crippen LogP contribution in [-0.2, 0) is 16.1 Å². The van der Waals surface area contributed by atoms with Crippen molar-refractivity contribution in [3.05, 3.63) is 71.2 Å². The van der Waals surface area contributed by atoms with Gasteiger partial charge in [-0.1, -0.05) is 18.9 Å². The van der Waals surface area contributed by atoms with Crippen LogP contribution in [0.25, 0.3) is 22.3 Å². The number of fused-ring (bicyclic) bond motifs is 2. The maximum absolute atomic E-state index is 12.7. The van der Waals surface area contributed by atoms with Crippen LogP contribution in [0.1, 0.15) is 95.0 Å². The van der Waals surface area contributed by atoms with E-state index in [0.29, 0.717) is 30.1 Å². The summed E-state index contributed by atoms with van der Waals surface area (Å²) in [6.45, 7) is 3.68. The number of unbranched alkanes of at least 4 members (excludes halogenated alkanes) is 3. The summed E-state index contributed by atoms with van der Waals surface area (Å²) >= 11 is 0. The Bertz CT molecular complexity index is 1890. The summed E-state index contributed by atoms with van der Waals surface area (Å²) < 4.78 is 1.96. The molecule has 12 nitrogen and oxygen atoms in total. The molecule has 5 heterocycles. The second-order valence-corrected chi connectivity index (χ2v) is 13.2. The molecule has 3 aliphatic heterocycles. The van der Waals surface area contributed by atoms with E-state index in [1.165, 1.54) is 18.4 Å². The van der Waals surface area contributed by atoms with Crippen LogP contribution in [-0.4, -0.2) is 75.0 Å². The third-order valence-corrected chi connectivity index (χ3v) is 9.85. The fourth-order valence-corrected chi connectivity index (χ4v) is 7.13. The minimum Gasteiger partial charge on any atom is -0.385 e. The average Bonchev–Trinajstić information content (AvgIpc) is 3.67. The number of aryl methyl sites for hydroxylation is 1. The molecule has 4 aromatic rings. The molecule has 0 aliphatic carbocycles. The molecular weight excluding hydrogens is 608 g/mol. The molecule has 1 atom stereocenters. The second kappa shape index (κ2) is 13.6. The van der Waals surface area contributed by atoms with Gasteiger partial charge in [0.1, 0.15) is 0 Å². The lowest BCUT2D eigenvalue weighted by molar-refractivity contribution is -0.134. The molecule has 2 aromatic carbocycles. The fraction of sp³-hybridized carbons (Fsp3) is 0.417. The van der Waals surface area contributed by atoms with Crippen LogP contribution >= 0.6 is 0 Å². The van der Waals surface area contributed by atoms with Crippen LogP contribution < -0.4 is 16.0 Å². The number of benzene rings is 2. The van der Waals surface area contributed by atoms with Gasteiger partial charge in [0.15, 0.2) is 0 Å². The highest BCUT2D eigenvalue weighted by atomic mass is 16.2. The second-order valence-electron chi connectivity index (χ2n) is 13.2. The number of anilines is 1. The fourth-order valence-electron chi connectivity index (χ4n) is 7.13. The molecule has 248 valence electrons. The first kappa shape index (κ1) is 31.6. The lowest BCUT2D eigenvalue weighted by atomic mass is 9.84. The lowest BCUT2D eigenvalue weighted by Crippen LogP contribution is -2.40. The predicted molar refractivity (Wildman–Crippen MR) is 181 cm³/mol. The van der Waals surface area contributed by atoms with Crippen molar-refractivity contribution in [3.63, 3.8) is 0 Å². The summed E-state index contributed by atoms with van der Waals surface area (Å²) in [5.74, 6) is -1.87. The number of nitrogens with zero attached hydrogens (tertiary/aromatic N) is 5. The number of aromatic nitrogens is 4. The van der Waals surface area contributed by atoms with E-state index in [2.05, 4.69) is 56.2 Å². The van der Waals surface area contributed by atoms with Crippen molar-refractivity contribution in [2.75, 3.05) is 32.0 Å². The van der Waals surface area contributed by atoms with Crippen molar-refractivity contribution in [2.24, 2.45) is 0 Å². The monoisotopic (exact) mass is 648 g/mol. The Morgan fingerprint density at radius 2 is 1.73 bits per heavy atom. The van der Waals surface area contributed by atoms with Gasteiger partial charge in [0.05, 0.1) is 46.2 Å². The molecule has 3 aliphatic rings. The SMILES string of the molecule is CN1CCC(c2ccc3ncc(-c4cnn(CCCCCCNc5ccc6c(c5C5CCC(=O)NC5=O)C(=O)NC6=O)c4)nc3c2)CC1. The summed E-state index contributed by atoms with van der Waals surface area (Å²) in [6.07, 6.45) is 12.4. The van der Waals surface area contributed by atoms with Crippen LogP contribution in [0, 0.1) is 0 Å². The van der Waals surface area contributed by atoms with Gasteiger partial charge in [-0.15, -0.1) is 0 Å². The van der Waals surface area contributed by atoms with Crippen molar-refractivity contribution in [2.45, 2.75) is 69.7 Å². The molecule has 7 rings (SSSR count). The highest BCUT2D eigenvalue weighted by Gasteiger charge is 2.38. The van der Waals surface area contributed by atoms with Crippen molar-refractivity contribution in [3.8, 4) is 11.3 Å². The number of carbonyl (C=O) groups excluding carboxylic acids is 4. The standard InChI is InChI=1S/C36H40N8O4/c1-43-16-12-22(13-17-43)23-6-9-27-29(18-23)40-30(20-38-27)24-19-39-44(21-24)15-5-3-2-4-14-37-28-10-7-26-33(36(48)42-35(26)47)32(28)25-8-11-31(45)41-34(25)46/h6-7,9-10,18-22,25,37H,2-5,8,11-17H2,1H3,(H,41,45,46)(H,42,47,48). The number of carbonyl (C=O) groups is 4. The highest BCUT2D eigenvalue weighted by Crippen LogP contribution is 2.37. The van der Waals surface area contributed by atoms with Gasteiger partial charge >= 0.3 is 0 Å². The Kier molecular flexibility index (Phi) is 8.98. The summed E-state index contributed by atoms with van der Waals surface area (Å²) in [5.41, 5.74) is 6.57. The van der Waals surface area contributed by atoms with E-state index in [1.54, 1.807) is 12.1 Å². The molecular formula is C36H40N8O4. The molecule has 0 spiro atoms. The van der Waals surface area contributed by atoms with Gasteiger partial charge in [0, 0.05) is 42.5 Å². The lowest BCUT2D eigenvalue weighted by Gasteiger charge is -2.29. The zero-order valence-corrected chi connectivity index (χ0v) is 27.1. The van der Waals surface area contributed by atoms with Crippen molar-refractivity contribution >= 4 is 40.3 Å². The Balaban J connectivity index is 0.914. The van der Waals surface area contributed by atoms with Crippen molar-refractivity contribution < 1.29 is 19.2 Å². The Labute approximate surface area is 278 Å². The average molecular weight is 649 g/mol. The summed E-state index contributed by atoms with van der Waals surface area (Å²) in [7, 11) is 2.18. The third-order valence-electron chi connectivity index (χ3n) is 9.85. The number of amides is 4. The molecule has 2 aromatic heterocycles. The van der Waals surface area contributed by atoms with Gasteiger partial charge < -0.3 is 10.2 Å². The molecule has 0 bridgehead atoms. The van der Waals surface area contributed by atoms with E-state index in [0.717, 1.165) is 67.6 Å². The molecule has 48 heavy (non-hydrogen) atoms. The number of likely N-dealkylation sites (tertiary alicyclic amines) is 1. The number of nitrogens with one attached hydrogen (secondary N) is 3. The van der Waals surface area contributed by atoms with E-state index in [4.69, 9.17) is 4.98 Å². The van der Waals surface area contributed by atoms with Gasteiger partial charge in [-0.25, -0.2) is 4.98 Å². The number of piperidine rings is 2. The van der Waals surface area contributed by atoms with Crippen LogP contribution in [0.5, 0.6) is 0 Å². The summed E-state index contributed by atoms with van der Waals surface area (Å²) in [5, 5.41) is 12.7. The van der Waals surface area contributed by atoms with Gasteiger partial charge in [-0.05, 0) is 88.0 Å². The van der Waals surface area contributed by atoms with Crippen molar-refractivity contribution in [1.29, 1.82) is 0 Å². The number of hydrogen-bond acceptors (Lipinski definition) is 9. The first-order chi connectivity index (χ1) is 23.3. The Hall–Kier alpha value is -4.97. The van der Waals surface area contributed by atoms with Crippen LogP contribution in [0.15, 0.2) is 48.9 Å². The number of imide groups is 2. The third kappa shape index (κ3) is 6.57. The number of hydrogen-bond donors (Lipinski definition) is 3. The largest absolute Gasteiger partial charge is 0.385 e. The number of rotatable bonds is 11. The van der Waals surface area contributed by atoms with Gasteiger partial charge in [0.2, 0.25) is 11.8 Å². The zero-order valence-electron chi connectivity index (χ0n) is 27.1. The van der Waals surface area contributed by atoms with Crippen LogP contribution in [0.3, 0.4) is 0 Å². The predicted octanol–water partition coefficient (Wildman–Crippen LogP) is 4.38. The first-order valence-corrected chi connectivity index (χ1v) is 16.9. The smallest absolute Gasteiger partial charge is 0.259 e. The molecule has 2 fully saturated rings. The maximum Gasteiger partial charge on any atom is 0.259 e. The quantitative estimate of drug-likeness (QED) is 0.159. The van der Waals surface area contributed by atoms with E-state index < -0.39 is 23.6 Å². The maximum atomic E-state index is 12.7. The Morgan fingerprint density at radius 1 is 0.896 bits per heavy atom. The normalized spacial score (nSPS) is 18.6. The summed E-state index contributed by atoms with van der Waals surface area (Å²) in [4.78, 5) is 61.4. The zero-order chi connectivity index (χ0) is 33.2. The molecule has 4 amide bonds. The van der Waals surface area contributed by atoms with E-state index in [1.807, 2.05) is 23.3 Å². The summed E-state index contributed by atoms with van der Waals surface area (Å²) in [6, 6.07) is 9.86. The molecule has 0 radical (unpaired) electrons. The molecule has 1 unspecified atom stereocenters. The molecule has 2 saturated heterocycles. The van der Waals surface area contributed by atoms with E-state index in [-0.39, 0.29) is 23.5 Å². The van der Waals surface area contributed by atoms with Crippen molar-refractivity contribution in [1.82, 2.24) is 35.3 Å². The molecule has 12 heteroatoms. The molecule has 3 N–H and O–H groups in total. The first-order valence-electron chi connectivity index (χ1n) is 16.9. The van der Waals surface area contributed by atoms with Gasteiger partial charge in [-0.2, -0.15) is 5.10 Å². The van der Waals surface area contributed by atoms with Crippen LogP contribution in [0.2, 0.25) is 0 Å². The van der Waals surface area contributed by atoms with Gasteiger partial charge in [-0.3, -0.25) is 39.5 Å². The van der Waals surface area contributed by atoms with Gasteiger partial charge in [0.25, 0.3) is 11.8 Å². The van der Waals surface area contributed by atoms with Crippen LogP contribution in [0.4, 0.5) is 5.69 Å². The minimum atomic E-state index is -0.683. The Morgan fingerprint density at radius 3 is 2.56 bits per heavy atom. The van der Waals surface area contributed by atoms with E-state index in [9.17, 15) is 19.2 Å². The minimum absolute atomic E-state index is 0.183. The molecule has 0 saturated carbocycles. The highest BCUT2D eigenvalue weighted by molar-refractivity contribution is 6.23. The van der Waals surface area contributed by atoms with E-state index >= 15 is 0 Å².